The van der Waals surface area contributed by atoms with E-state index in [2.05, 4.69) is 0 Å². The molecule has 6 rings (SSSR count). The Balaban J connectivity index is 2.07. The maximum Gasteiger partial charge on any atom is 0.200 e. The van der Waals surface area contributed by atoms with Crippen LogP contribution in [0.4, 0.5) is 35.1 Å². The van der Waals surface area contributed by atoms with Crippen molar-refractivity contribution in [2.75, 3.05) is 0 Å². The molecular weight excluding hydrogens is 348 g/mol. The molecular formula is C15H6F8O. The number of hydrogen-bond donors (Lipinski definition) is 0. The Morgan fingerprint density at radius 2 is 1.17 bits per heavy atom. The fourth-order valence-corrected chi connectivity index (χ4v) is 4.08. The van der Waals surface area contributed by atoms with E-state index in [0.29, 0.717) is 0 Å². The van der Waals surface area contributed by atoms with Crippen LogP contribution in [-0.2, 0) is 4.79 Å². The zero-order valence-electron chi connectivity index (χ0n) is 11.5. The minimum absolute atomic E-state index is 0.750. The van der Waals surface area contributed by atoms with Gasteiger partial charge in [0, 0.05) is 18.4 Å². The molecule has 3 fully saturated rings. The number of carbonyl (C=O) groups is 1. The van der Waals surface area contributed by atoms with Gasteiger partial charge in [0.05, 0.1) is 17.4 Å². The lowest BCUT2D eigenvalue weighted by Crippen LogP contribution is -2.71. The Morgan fingerprint density at radius 3 is 1.62 bits per heavy atom. The number of ketones is 1. The van der Waals surface area contributed by atoms with E-state index in [1.165, 1.54) is 0 Å². The molecule has 0 aliphatic heterocycles. The van der Waals surface area contributed by atoms with Gasteiger partial charge in [0.25, 0.3) is 0 Å². The molecule has 0 aromatic heterocycles. The topological polar surface area (TPSA) is 17.1 Å². The minimum Gasteiger partial charge on any atom is -0.299 e. The smallest absolute Gasteiger partial charge is 0.200 e. The van der Waals surface area contributed by atoms with Crippen molar-refractivity contribution in [1.82, 2.24) is 0 Å². The van der Waals surface area contributed by atoms with Crippen LogP contribution in [0.1, 0.15) is 18.4 Å². The highest BCUT2D eigenvalue weighted by molar-refractivity contribution is 6.03. The molecule has 2 atom stereocenters. The van der Waals surface area contributed by atoms with Gasteiger partial charge >= 0.3 is 0 Å². The van der Waals surface area contributed by atoms with Crippen LogP contribution in [0.25, 0.3) is 5.57 Å². The minimum atomic E-state index is -2.98. The summed E-state index contributed by atoms with van der Waals surface area (Å²) in [6, 6.07) is 0. The molecule has 24 heavy (non-hydrogen) atoms. The van der Waals surface area contributed by atoms with Crippen molar-refractivity contribution < 1.29 is 39.9 Å². The summed E-state index contributed by atoms with van der Waals surface area (Å²) in [4.78, 5) is 11.7. The largest absolute Gasteiger partial charge is 0.299 e. The summed E-state index contributed by atoms with van der Waals surface area (Å²) < 4.78 is 112. The van der Waals surface area contributed by atoms with Crippen molar-refractivity contribution in [3.05, 3.63) is 40.5 Å². The zero-order valence-corrected chi connectivity index (χ0v) is 11.5. The first kappa shape index (κ1) is 15.6. The van der Waals surface area contributed by atoms with E-state index in [0.717, 1.165) is 0 Å². The van der Waals surface area contributed by atoms with Gasteiger partial charge in [-0.25, -0.2) is 35.1 Å². The van der Waals surface area contributed by atoms with Crippen LogP contribution in [0, 0.1) is 40.9 Å². The standard InChI is InChI=1S/C15H6F8O/c16-7-5(8(17)10(19)11(20)9(7)18)6-13(21)14(22)1-3-12(24)4(2-14)15(3,6)23/h3-4H,1-2H2. The quantitative estimate of drug-likeness (QED) is 0.422. The van der Waals surface area contributed by atoms with Crippen molar-refractivity contribution >= 4 is 11.4 Å². The number of alkyl halides is 2. The number of rotatable bonds is 1. The average molecular weight is 354 g/mol. The third kappa shape index (κ3) is 1.41. The molecule has 0 radical (unpaired) electrons. The van der Waals surface area contributed by atoms with Crippen molar-refractivity contribution in [2.45, 2.75) is 24.2 Å². The fourth-order valence-electron chi connectivity index (χ4n) is 4.08. The summed E-state index contributed by atoms with van der Waals surface area (Å²) in [5.74, 6) is -18.3. The van der Waals surface area contributed by atoms with Crippen LogP contribution in [0.5, 0.6) is 0 Å². The highest BCUT2D eigenvalue weighted by Gasteiger charge is 2.77. The average Bonchev–Trinajstić information content (AvgIpc) is 2.55. The van der Waals surface area contributed by atoms with E-state index in [-0.39, 0.29) is 0 Å². The van der Waals surface area contributed by atoms with Gasteiger partial charge in [-0.1, -0.05) is 0 Å². The zero-order chi connectivity index (χ0) is 17.8. The second kappa shape index (κ2) is 4.18. The highest BCUT2D eigenvalue weighted by Crippen LogP contribution is 2.69. The van der Waals surface area contributed by atoms with Gasteiger partial charge in [0.1, 0.15) is 11.6 Å². The fraction of sp³-hybridized carbons (Fsp3) is 0.400. The number of carbonyl (C=O) groups excluding carboxylic acids is 1. The lowest BCUT2D eigenvalue weighted by molar-refractivity contribution is -0.176. The van der Waals surface area contributed by atoms with Crippen LogP contribution in [-0.4, -0.2) is 17.1 Å². The lowest BCUT2D eigenvalue weighted by atomic mass is 9.44. The molecule has 0 amide bonds. The summed E-state index contributed by atoms with van der Waals surface area (Å²) >= 11 is 0. The summed E-state index contributed by atoms with van der Waals surface area (Å²) in [5.41, 5.74) is -9.26. The van der Waals surface area contributed by atoms with E-state index in [9.17, 15) is 35.5 Å². The molecule has 0 heterocycles. The number of hydrogen-bond acceptors (Lipinski definition) is 1. The molecule has 1 aromatic carbocycles. The van der Waals surface area contributed by atoms with E-state index >= 15 is 4.39 Å². The molecule has 1 nitrogen and oxygen atoms in total. The van der Waals surface area contributed by atoms with Crippen LogP contribution in [0.15, 0.2) is 5.83 Å². The lowest BCUT2D eigenvalue weighted by Gasteiger charge is -2.61. The Morgan fingerprint density at radius 1 is 0.750 bits per heavy atom. The van der Waals surface area contributed by atoms with E-state index in [4.69, 9.17) is 0 Å². The molecule has 0 saturated heterocycles. The SMILES string of the molecule is O=C1C2CC3(F)CC1C2(F)C(c1c(F)c(F)c(F)c(F)c1F)=C3F. The predicted octanol–water partition coefficient (Wildman–Crippen LogP) is 4.10. The van der Waals surface area contributed by atoms with E-state index in [1.807, 2.05) is 0 Å². The molecule has 1 aromatic rings. The summed E-state index contributed by atoms with van der Waals surface area (Å²) in [6.07, 6.45) is -1.72. The maximum absolute atomic E-state index is 15.2. The summed E-state index contributed by atoms with van der Waals surface area (Å²) in [7, 11) is 0. The first-order chi connectivity index (χ1) is 11.1. The Kier molecular flexibility index (Phi) is 2.71. The third-order valence-corrected chi connectivity index (χ3v) is 5.21. The Labute approximate surface area is 128 Å². The molecule has 4 bridgehead atoms. The first-order valence-corrected chi connectivity index (χ1v) is 6.89. The summed E-state index contributed by atoms with van der Waals surface area (Å²) in [6.45, 7) is 0. The number of Topliss-reactive ketones (excluding diaryl/α,β-unsaturated/α-hetero) is 1. The van der Waals surface area contributed by atoms with Crippen molar-refractivity contribution in [3.8, 4) is 0 Å². The van der Waals surface area contributed by atoms with Gasteiger partial charge in [0.15, 0.2) is 34.6 Å². The van der Waals surface area contributed by atoms with E-state index < -0.39 is 87.8 Å². The third-order valence-electron chi connectivity index (χ3n) is 5.21. The first-order valence-electron chi connectivity index (χ1n) is 6.89. The molecule has 5 aliphatic carbocycles. The van der Waals surface area contributed by atoms with Crippen LogP contribution in [0.2, 0.25) is 0 Å². The van der Waals surface area contributed by atoms with Crippen molar-refractivity contribution in [1.29, 1.82) is 0 Å². The second-order valence-electron chi connectivity index (χ2n) is 6.28. The van der Waals surface area contributed by atoms with Gasteiger partial charge in [-0.2, -0.15) is 0 Å². The van der Waals surface area contributed by atoms with Gasteiger partial charge in [0.2, 0.25) is 5.82 Å². The second-order valence-corrected chi connectivity index (χ2v) is 6.28. The molecule has 0 spiro atoms. The molecule has 9 heteroatoms. The number of benzene rings is 1. The summed E-state index contributed by atoms with van der Waals surface area (Å²) in [5, 5.41) is 0. The molecule has 3 saturated carbocycles. The van der Waals surface area contributed by atoms with Crippen LogP contribution < -0.4 is 0 Å². The predicted molar refractivity (Wildman–Crippen MR) is 63.2 cm³/mol. The number of halogens is 8. The van der Waals surface area contributed by atoms with Crippen molar-refractivity contribution in [2.24, 2.45) is 11.8 Å². The molecule has 2 unspecified atom stereocenters. The monoisotopic (exact) mass is 354 g/mol. The normalized spacial score (nSPS) is 37.1. The van der Waals surface area contributed by atoms with E-state index in [1.54, 1.807) is 0 Å². The van der Waals surface area contributed by atoms with Gasteiger partial charge in [-0.05, 0) is 0 Å². The van der Waals surface area contributed by atoms with Crippen molar-refractivity contribution in [3.63, 3.8) is 0 Å². The number of allylic oxidation sites excluding steroid dienone is 2. The van der Waals surface area contributed by atoms with Crippen LogP contribution in [0.3, 0.4) is 0 Å². The van der Waals surface area contributed by atoms with Gasteiger partial charge in [-0.3, -0.25) is 4.79 Å². The van der Waals surface area contributed by atoms with Gasteiger partial charge in [-0.15, -0.1) is 0 Å². The van der Waals surface area contributed by atoms with Crippen LogP contribution >= 0.6 is 0 Å². The van der Waals surface area contributed by atoms with Gasteiger partial charge < -0.3 is 0 Å². The highest BCUT2D eigenvalue weighted by atomic mass is 19.2. The Bertz CT molecular complexity index is 813. The Hall–Kier alpha value is -1.93. The molecule has 5 aliphatic rings. The molecule has 128 valence electrons. The molecule has 0 N–H and O–H groups in total. The maximum atomic E-state index is 15.2.